The molecule has 13 heavy (non-hydrogen) atoms. The lowest BCUT2D eigenvalue weighted by molar-refractivity contribution is 0.507. The summed E-state index contributed by atoms with van der Waals surface area (Å²) in [5, 5.41) is 1.37. The number of hydrogen-bond donors (Lipinski definition) is 0. The van der Waals surface area contributed by atoms with Gasteiger partial charge in [-0.05, 0) is 32.8 Å². The molecule has 0 fully saturated rings. The fraction of sp³-hybridized carbons (Fsp3) is 0. The van der Waals surface area contributed by atoms with E-state index in [1.165, 1.54) is 6.07 Å². The summed E-state index contributed by atoms with van der Waals surface area (Å²) in [5.41, 5.74) is 0. The minimum atomic E-state index is -0.835. The van der Waals surface area contributed by atoms with E-state index in [4.69, 9.17) is 0 Å². The van der Waals surface area contributed by atoms with Gasteiger partial charge in [0.05, 0.1) is 4.47 Å². The van der Waals surface area contributed by atoms with Gasteiger partial charge in [0.15, 0.2) is 11.6 Å². The lowest BCUT2D eigenvalue weighted by Gasteiger charge is -2.02. The Kier molecular flexibility index (Phi) is 2.04. The van der Waals surface area contributed by atoms with Crippen LogP contribution in [-0.2, 0) is 0 Å². The van der Waals surface area contributed by atoms with Crippen LogP contribution in [0.5, 0.6) is 0 Å². The van der Waals surface area contributed by atoms with Crippen molar-refractivity contribution in [2.75, 3.05) is 0 Å². The molecule has 2 rings (SSSR count). The molecule has 0 saturated heterocycles. The monoisotopic (exact) mass is 242 g/mol. The first-order valence-corrected chi connectivity index (χ1v) is 4.51. The van der Waals surface area contributed by atoms with E-state index in [1.807, 2.05) is 0 Å². The summed E-state index contributed by atoms with van der Waals surface area (Å²) >= 11 is 3.02. The summed E-state index contributed by atoms with van der Waals surface area (Å²) in [4.78, 5) is 0. The van der Waals surface area contributed by atoms with Gasteiger partial charge in [-0.2, -0.15) is 0 Å². The highest BCUT2D eigenvalue weighted by atomic mass is 79.9. The van der Waals surface area contributed by atoms with Crippen molar-refractivity contribution in [1.82, 2.24) is 0 Å². The molecule has 0 radical (unpaired) electrons. The molecular weight excluding hydrogens is 238 g/mol. The predicted molar refractivity (Wildman–Crippen MR) is 51.6 cm³/mol. The van der Waals surface area contributed by atoms with Gasteiger partial charge in [0.2, 0.25) is 0 Å². The first kappa shape index (κ1) is 8.63. The van der Waals surface area contributed by atoms with Crippen molar-refractivity contribution in [3.8, 4) is 0 Å². The maximum absolute atomic E-state index is 13.0. The Morgan fingerprint density at radius 2 is 1.77 bits per heavy atom. The molecule has 0 atom stereocenters. The Bertz CT molecular complexity index is 466. The second-order valence-corrected chi connectivity index (χ2v) is 3.50. The molecule has 0 aliphatic rings. The summed E-state index contributed by atoms with van der Waals surface area (Å²) in [7, 11) is 0. The van der Waals surface area contributed by atoms with Crippen LogP contribution in [0.2, 0.25) is 0 Å². The number of hydrogen-bond acceptors (Lipinski definition) is 0. The van der Waals surface area contributed by atoms with Gasteiger partial charge in [0.25, 0.3) is 0 Å². The van der Waals surface area contributed by atoms with Crippen molar-refractivity contribution in [2.24, 2.45) is 0 Å². The molecule has 2 aromatic rings. The van der Waals surface area contributed by atoms with Gasteiger partial charge in [0.1, 0.15) is 0 Å². The van der Waals surface area contributed by atoms with E-state index in [0.717, 1.165) is 0 Å². The first-order valence-electron chi connectivity index (χ1n) is 3.72. The van der Waals surface area contributed by atoms with Crippen LogP contribution in [0.1, 0.15) is 0 Å². The molecule has 0 N–H and O–H groups in total. The Morgan fingerprint density at radius 3 is 2.54 bits per heavy atom. The zero-order valence-corrected chi connectivity index (χ0v) is 8.11. The van der Waals surface area contributed by atoms with Crippen molar-refractivity contribution >= 4 is 26.7 Å². The highest BCUT2D eigenvalue weighted by Gasteiger charge is 2.09. The van der Waals surface area contributed by atoms with Crippen LogP contribution in [0.15, 0.2) is 34.8 Å². The molecule has 0 spiro atoms. The lowest BCUT2D eigenvalue weighted by Crippen LogP contribution is -1.86. The molecule has 0 unspecified atom stereocenters. The van der Waals surface area contributed by atoms with Crippen molar-refractivity contribution in [2.45, 2.75) is 0 Å². The van der Waals surface area contributed by atoms with Crippen molar-refractivity contribution in [1.29, 1.82) is 0 Å². The lowest BCUT2D eigenvalue weighted by atomic mass is 10.1. The van der Waals surface area contributed by atoms with Crippen LogP contribution in [0, 0.1) is 11.6 Å². The Balaban J connectivity index is 2.94. The molecule has 0 nitrogen and oxygen atoms in total. The van der Waals surface area contributed by atoms with Crippen LogP contribution in [-0.4, -0.2) is 0 Å². The summed E-state index contributed by atoms with van der Waals surface area (Å²) in [6.45, 7) is 0. The maximum Gasteiger partial charge on any atom is 0.173 e. The first-order chi connectivity index (χ1) is 6.20. The van der Waals surface area contributed by atoms with Crippen LogP contribution >= 0.6 is 15.9 Å². The second-order valence-electron chi connectivity index (χ2n) is 2.71. The van der Waals surface area contributed by atoms with E-state index in [-0.39, 0.29) is 4.47 Å². The Morgan fingerprint density at radius 1 is 1.08 bits per heavy atom. The van der Waals surface area contributed by atoms with Crippen LogP contribution in [0.25, 0.3) is 10.8 Å². The molecule has 0 heterocycles. The normalized spacial score (nSPS) is 10.7. The van der Waals surface area contributed by atoms with E-state index < -0.39 is 11.6 Å². The largest absolute Gasteiger partial charge is 0.204 e. The van der Waals surface area contributed by atoms with Crippen molar-refractivity contribution < 1.29 is 8.78 Å². The van der Waals surface area contributed by atoms with Gasteiger partial charge in [-0.3, -0.25) is 0 Å². The average molecular weight is 243 g/mol. The molecular formula is C10H5BrF2. The van der Waals surface area contributed by atoms with E-state index in [0.29, 0.717) is 10.8 Å². The highest BCUT2D eigenvalue weighted by Crippen LogP contribution is 2.28. The minimum Gasteiger partial charge on any atom is -0.204 e. The molecule has 0 saturated carbocycles. The zero-order valence-electron chi connectivity index (χ0n) is 6.52. The van der Waals surface area contributed by atoms with E-state index in [9.17, 15) is 8.78 Å². The fourth-order valence-electron chi connectivity index (χ4n) is 1.25. The Hall–Kier alpha value is -0.960. The second kappa shape index (κ2) is 3.07. The molecule has 0 amide bonds. The van der Waals surface area contributed by atoms with E-state index in [1.54, 1.807) is 24.3 Å². The number of fused-ring (bicyclic) bond motifs is 1. The third-order valence-corrected chi connectivity index (χ3v) is 2.66. The molecule has 2 aromatic carbocycles. The third kappa shape index (κ3) is 1.33. The summed E-state index contributed by atoms with van der Waals surface area (Å²) in [5.74, 6) is -1.66. The summed E-state index contributed by atoms with van der Waals surface area (Å²) in [6.07, 6.45) is 0. The zero-order chi connectivity index (χ0) is 9.42. The quantitative estimate of drug-likeness (QED) is 0.616. The number of benzene rings is 2. The highest BCUT2D eigenvalue weighted by molar-refractivity contribution is 9.10. The summed E-state index contributed by atoms with van der Waals surface area (Å²) < 4.78 is 26.1. The molecule has 0 aliphatic heterocycles. The third-order valence-electron chi connectivity index (χ3n) is 1.88. The maximum atomic E-state index is 13.0. The van der Waals surface area contributed by atoms with Crippen LogP contribution < -0.4 is 0 Å². The minimum absolute atomic E-state index is 0.183. The van der Waals surface area contributed by atoms with Crippen molar-refractivity contribution in [3.05, 3.63) is 46.4 Å². The van der Waals surface area contributed by atoms with Crippen LogP contribution in [0.3, 0.4) is 0 Å². The van der Waals surface area contributed by atoms with Crippen LogP contribution in [0.4, 0.5) is 8.78 Å². The van der Waals surface area contributed by atoms with Crippen molar-refractivity contribution in [3.63, 3.8) is 0 Å². The summed E-state index contributed by atoms with van der Waals surface area (Å²) in [6, 6.07) is 8.23. The number of halogens is 3. The van der Waals surface area contributed by atoms with Gasteiger partial charge in [-0.25, -0.2) is 8.78 Å². The van der Waals surface area contributed by atoms with Gasteiger partial charge in [-0.1, -0.05) is 24.3 Å². The molecule has 66 valence electrons. The predicted octanol–water partition coefficient (Wildman–Crippen LogP) is 3.88. The topological polar surface area (TPSA) is 0 Å². The standard InChI is InChI=1S/C10H5BrF2/c11-9-7-4-2-1-3-6(7)5-8(12)10(9)13/h1-5H. The molecule has 3 heteroatoms. The SMILES string of the molecule is Fc1cc2ccccc2c(Br)c1F. The fourth-order valence-corrected chi connectivity index (χ4v) is 1.80. The van der Waals surface area contributed by atoms with E-state index in [2.05, 4.69) is 15.9 Å². The smallest absolute Gasteiger partial charge is 0.173 e. The van der Waals surface area contributed by atoms with E-state index >= 15 is 0 Å². The van der Waals surface area contributed by atoms with Gasteiger partial charge >= 0.3 is 0 Å². The molecule has 0 bridgehead atoms. The average Bonchev–Trinajstić information content (AvgIpc) is 2.15. The van der Waals surface area contributed by atoms with Gasteiger partial charge in [-0.15, -0.1) is 0 Å². The van der Waals surface area contributed by atoms with Gasteiger partial charge < -0.3 is 0 Å². The Labute approximate surface area is 82.3 Å². The molecule has 0 aliphatic carbocycles. The number of rotatable bonds is 0. The molecule has 0 aromatic heterocycles. The van der Waals surface area contributed by atoms with Gasteiger partial charge in [0, 0.05) is 0 Å².